The summed E-state index contributed by atoms with van der Waals surface area (Å²) >= 11 is 1.28. The van der Waals surface area contributed by atoms with Crippen molar-refractivity contribution in [3.05, 3.63) is 46.7 Å². The lowest BCUT2D eigenvalue weighted by atomic mass is 10.2. The normalized spacial score (nSPS) is 14.2. The number of morpholine rings is 1. The molecule has 1 N–H and O–H groups in total. The summed E-state index contributed by atoms with van der Waals surface area (Å²) in [5.41, 5.74) is 1.77. The van der Waals surface area contributed by atoms with Crippen molar-refractivity contribution in [1.82, 2.24) is 0 Å². The zero-order valence-corrected chi connectivity index (χ0v) is 13.9. The molecule has 0 radical (unpaired) electrons. The van der Waals surface area contributed by atoms with Gasteiger partial charge in [-0.25, -0.2) is 4.79 Å². The Morgan fingerprint density at radius 1 is 1.17 bits per heavy atom. The molecule has 3 rings (SSSR count). The summed E-state index contributed by atoms with van der Waals surface area (Å²) in [6.07, 6.45) is 0. The molecule has 0 atom stereocenters. The molecular formula is C17H18N2O4S. The van der Waals surface area contributed by atoms with Gasteiger partial charge in [0.05, 0.1) is 13.2 Å². The van der Waals surface area contributed by atoms with Gasteiger partial charge in [-0.2, -0.15) is 0 Å². The van der Waals surface area contributed by atoms with E-state index in [-0.39, 0.29) is 12.5 Å². The Balaban J connectivity index is 1.48. The van der Waals surface area contributed by atoms with E-state index in [9.17, 15) is 9.59 Å². The Hall–Kier alpha value is -2.38. The summed E-state index contributed by atoms with van der Waals surface area (Å²) in [7, 11) is 0. The molecule has 0 saturated carbocycles. The van der Waals surface area contributed by atoms with Crippen molar-refractivity contribution in [2.45, 2.75) is 0 Å². The van der Waals surface area contributed by atoms with Crippen molar-refractivity contribution in [3.63, 3.8) is 0 Å². The van der Waals surface area contributed by atoms with Crippen LogP contribution in [-0.4, -0.2) is 44.8 Å². The average molecular weight is 346 g/mol. The molecule has 7 heteroatoms. The standard InChI is InChI=1S/C17H18N2O4S/c20-16(12-23-17(21)15-2-1-11-24-15)18-13-3-5-14(6-4-13)19-7-9-22-10-8-19/h1-6,11H,7-10,12H2,(H,18,20). The summed E-state index contributed by atoms with van der Waals surface area (Å²) in [5.74, 6) is -0.846. The molecule has 1 aromatic carbocycles. The predicted molar refractivity (Wildman–Crippen MR) is 92.7 cm³/mol. The number of hydrogen-bond donors (Lipinski definition) is 1. The average Bonchev–Trinajstić information content (AvgIpc) is 3.16. The van der Waals surface area contributed by atoms with Crippen molar-refractivity contribution in [1.29, 1.82) is 0 Å². The molecule has 1 aliphatic heterocycles. The van der Waals surface area contributed by atoms with E-state index in [2.05, 4.69) is 10.2 Å². The van der Waals surface area contributed by atoms with Gasteiger partial charge in [0.15, 0.2) is 6.61 Å². The monoisotopic (exact) mass is 346 g/mol. The second-order valence-electron chi connectivity index (χ2n) is 5.25. The minimum Gasteiger partial charge on any atom is -0.451 e. The maximum absolute atomic E-state index is 11.9. The Morgan fingerprint density at radius 2 is 1.92 bits per heavy atom. The highest BCUT2D eigenvalue weighted by Gasteiger charge is 2.13. The van der Waals surface area contributed by atoms with Gasteiger partial charge in [-0.15, -0.1) is 11.3 Å². The van der Waals surface area contributed by atoms with E-state index < -0.39 is 5.97 Å². The van der Waals surface area contributed by atoms with E-state index in [1.54, 1.807) is 17.5 Å². The van der Waals surface area contributed by atoms with E-state index in [1.165, 1.54) is 11.3 Å². The minimum atomic E-state index is -0.484. The number of carbonyl (C=O) groups excluding carboxylic acids is 2. The van der Waals surface area contributed by atoms with Gasteiger partial charge in [0.1, 0.15) is 4.88 Å². The molecule has 0 bridgehead atoms. The molecule has 6 nitrogen and oxygen atoms in total. The number of ether oxygens (including phenoxy) is 2. The van der Waals surface area contributed by atoms with Crippen LogP contribution in [-0.2, 0) is 14.3 Å². The van der Waals surface area contributed by atoms with Crippen LogP contribution in [0, 0.1) is 0 Å². The highest BCUT2D eigenvalue weighted by atomic mass is 32.1. The van der Waals surface area contributed by atoms with Crippen molar-refractivity contribution in [2.75, 3.05) is 43.1 Å². The predicted octanol–water partition coefficient (Wildman–Crippen LogP) is 2.38. The lowest BCUT2D eigenvalue weighted by Crippen LogP contribution is -2.36. The van der Waals surface area contributed by atoms with Gasteiger partial charge in [0, 0.05) is 24.5 Å². The first-order chi connectivity index (χ1) is 11.7. The molecule has 1 saturated heterocycles. The van der Waals surface area contributed by atoms with E-state index in [0.717, 1.165) is 32.0 Å². The number of nitrogens with one attached hydrogen (secondary N) is 1. The molecule has 24 heavy (non-hydrogen) atoms. The molecule has 1 aromatic heterocycles. The number of nitrogens with zero attached hydrogens (tertiary/aromatic N) is 1. The van der Waals surface area contributed by atoms with Crippen molar-refractivity contribution in [2.24, 2.45) is 0 Å². The fraction of sp³-hybridized carbons (Fsp3) is 0.294. The Morgan fingerprint density at radius 3 is 2.58 bits per heavy atom. The smallest absolute Gasteiger partial charge is 0.348 e. The maximum atomic E-state index is 11.9. The van der Waals surface area contributed by atoms with Gasteiger partial charge in [-0.05, 0) is 35.7 Å². The number of rotatable bonds is 5. The number of thiophene rings is 1. The Labute approximate surface area is 144 Å². The molecular weight excluding hydrogens is 328 g/mol. The number of hydrogen-bond acceptors (Lipinski definition) is 6. The topological polar surface area (TPSA) is 67.9 Å². The highest BCUT2D eigenvalue weighted by Crippen LogP contribution is 2.19. The Kier molecular flexibility index (Phi) is 5.45. The second-order valence-corrected chi connectivity index (χ2v) is 6.20. The van der Waals surface area contributed by atoms with Gasteiger partial charge in [0.25, 0.3) is 5.91 Å². The number of anilines is 2. The largest absolute Gasteiger partial charge is 0.451 e. The SMILES string of the molecule is O=C(COC(=O)c1cccs1)Nc1ccc(N2CCOCC2)cc1. The first-order valence-electron chi connectivity index (χ1n) is 7.65. The van der Waals surface area contributed by atoms with Crippen molar-refractivity contribution < 1.29 is 19.1 Å². The van der Waals surface area contributed by atoms with Gasteiger partial charge in [0.2, 0.25) is 0 Å². The van der Waals surface area contributed by atoms with Crippen LogP contribution in [0.2, 0.25) is 0 Å². The highest BCUT2D eigenvalue weighted by molar-refractivity contribution is 7.11. The summed E-state index contributed by atoms with van der Waals surface area (Å²) < 4.78 is 10.3. The maximum Gasteiger partial charge on any atom is 0.348 e. The van der Waals surface area contributed by atoms with Crippen LogP contribution < -0.4 is 10.2 Å². The lowest BCUT2D eigenvalue weighted by molar-refractivity contribution is -0.119. The Bertz CT molecular complexity index is 679. The third-order valence-electron chi connectivity index (χ3n) is 3.58. The molecule has 0 spiro atoms. The first-order valence-corrected chi connectivity index (χ1v) is 8.53. The van der Waals surface area contributed by atoms with Gasteiger partial charge in [-0.3, -0.25) is 4.79 Å². The van der Waals surface area contributed by atoms with Crippen LogP contribution >= 0.6 is 11.3 Å². The van der Waals surface area contributed by atoms with Crippen LogP contribution in [0.1, 0.15) is 9.67 Å². The number of benzene rings is 1. The van der Waals surface area contributed by atoms with Gasteiger partial charge < -0.3 is 19.7 Å². The molecule has 1 aliphatic rings. The minimum absolute atomic E-state index is 0.304. The van der Waals surface area contributed by atoms with Crippen LogP contribution in [0.25, 0.3) is 0 Å². The summed E-state index contributed by atoms with van der Waals surface area (Å²) in [6, 6.07) is 11.0. The van der Waals surface area contributed by atoms with E-state index in [0.29, 0.717) is 10.6 Å². The van der Waals surface area contributed by atoms with Crippen molar-refractivity contribution in [3.8, 4) is 0 Å². The zero-order chi connectivity index (χ0) is 16.8. The molecule has 0 unspecified atom stereocenters. The molecule has 2 aromatic rings. The summed E-state index contributed by atoms with van der Waals surface area (Å²) in [4.78, 5) is 26.3. The molecule has 1 amide bonds. The fourth-order valence-electron chi connectivity index (χ4n) is 2.37. The van der Waals surface area contributed by atoms with Crippen molar-refractivity contribution >= 4 is 34.6 Å². The molecule has 0 aliphatic carbocycles. The lowest BCUT2D eigenvalue weighted by Gasteiger charge is -2.28. The van der Waals surface area contributed by atoms with E-state index in [4.69, 9.17) is 9.47 Å². The number of esters is 1. The first kappa shape index (κ1) is 16.5. The fourth-order valence-corrected chi connectivity index (χ4v) is 2.99. The van der Waals surface area contributed by atoms with Gasteiger partial charge in [-0.1, -0.05) is 6.07 Å². The number of carbonyl (C=O) groups is 2. The number of amides is 1. The van der Waals surface area contributed by atoms with Crippen LogP contribution in [0.4, 0.5) is 11.4 Å². The van der Waals surface area contributed by atoms with E-state index in [1.807, 2.05) is 24.3 Å². The molecule has 2 heterocycles. The van der Waals surface area contributed by atoms with E-state index >= 15 is 0 Å². The summed E-state index contributed by atoms with van der Waals surface area (Å²) in [5, 5.41) is 4.50. The third-order valence-corrected chi connectivity index (χ3v) is 4.43. The van der Waals surface area contributed by atoms with Crippen LogP contribution in [0.3, 0.4) is 0 Å². The zero-order valence-electron chi connectivity index (χ0n) is 13.1. The van der Waals surface area contributed by atoms with Crippen LogP contribution in [0.15, 0.2) is 41.8 Å². The molecule has 126 valence electrons. The summed E-state index contributed by atoms with van der Waals surface area (Å²) in [6.45, 7) is 2.89. The van der Waals surface area contributed by atoms with Crippen LogP contribution in [0.5, 0.6) is 0 Å². The second kappa shape index (κ2) is 7.94. The third kappa shape index (κ3) is 4.33. The quantitative estimate of drug-likeness (QED) is 0.842. The molecule has 1 fully saturated rings. The van der Waals surface area contributed by atoms with Gasteiger partial charge >= 0.3 is 5.97 Å².